The van der Waals surface area contributed by atoms with Gasteiger partial charge in [0.15, 0.2) is 0 Å². The van der Waals surface area contributed by atoms with Gasteiger partial charge in [-0.15, -0.1) is 0 Å². The highest BCUT2D eigenvalue weighted by atomic mass is 16.5. The smallest absolute Gasteiger partial charge is 0.282 e. The Morgan fingerprint density at radius 2 is 1.53 bits per heavy atom. The van der Waals surface area contributed by atoms with E-state index in [9.17, 15) is 9.59 Å². The van der Waals surface area contributed by atoms with E-state index in [1.165, 1.54) is 4.90 Å². The summed E-state index contributed by atoms with van der Waals surface area (Å²) in [5.74, 6) is 0.512. The van der Waals surface area contributed by atoms with E-state index in [0.717, 1.165) is 0 Å². The van der Waals surface area contributed by atoms with Crippen LogP contribution in [0.1, 0.15) is 19.4 Å². The van der Waals surface area contributed by atoms with Gasteiger partial charge in [0, 0.05) is 11.8 Å². The molecule has 0 atom stereocenters. The van der Waals surface area contributed by atoms with E-state index < -0.39 is 5.91 Å². The lowest BCUT2D eigenvalue weighted by molar-refractivity contribution is -0.120. The molecule has 3 aromatic carbocycles. The van der Waals surface area contributed by atoms with E-state index in [0.29, 0.717) is 34.0 Å². The van der Waals surface area contributed by atoms with Crippen LogP contribution in [-0.4, -0.2) is 25.0 Å². The first-order valence-corrected chi connectivity index (χ1v) is 10.3. The molecule has 3 aromatic rings. The quantitative estimate of drug-likeness (QED) is 0.544. The molecule has 6 nitrogen and oxygen atoms in total. The van der Waals surface area contributed by atoms with Crippen LogP contribution in [0.3, 0.4) is 0 Å². The molecular weight excluding hydrogens is 404 g/mol. The van der Waals surface area contributed by atoms with Gasteiger partial charge >= 0.3 is 0 Å². The first kappa shape index (κ1) is 21.2. The largest absolute Gasteiger partial charge is 0.497 e. The Hall–Kier alpha value is -4.06. The van der Waals surface area contributed by atoms with Crippen LogP contribution in [0.25, 0.3) is 5.57 Å². The lowest BCUT2D eigenvalue weighted by Gasteiger charge is -2.17. The maximum Gasteiger partial charge on any atom is 0.282 e. The van der Waals surface area contributed by atoms with E-state index >= 15 is 0 Å². The zero-order valence-corrected chi connectivity index (χ0v) is 18.2. The predicted octanol–water partition coefficient (Wildman–Crippen LogP) is 4.88. The molecule has 1 N–H and O–H groups in total. The number of hydrogen-bond acceptors (Lipinski definition) is 5. The van der Waals surface area contributed by atoms with Crippen molar-refractivity contribution < 1.29 is 19.1 Å². The van der Waals surface area contributed by atoms with Crippen LogP contribution in [0, 0.1) is 0 Å². The first-order valence-electron chi connectivity index (χ1n) is 10.3. The molecule has 1 heterocycles. The Kier molecular flexibility index (Phi) is 5.94. The Morgan fingerprint density at radius 3 is 2.19 bits per heavy atom. The van der Waals surface area contributed by atoms with Crippen LogP contribution in [0.4, 0.5) is 11.4 Å². The standard InChI is InChI=1S/C26H24N2O4/c1-17(2)32-21-14-12-20(13-15-21)28-25(29)23(18-8-5-4-6-9-18)24(26(28)30)27-19-10-7-11-22(16-19)31-3/h4-17,27H,1-3H3. The maximum absolute atomic E-state index is 13.5. The highest BCUT2D eigenvalue weighted by Crippen LogP contribution is 2.34. The molecule has 0 bridgehead atoms. The summed E-state index contributed by atoms with van der Waals surface area (Å²) in [6.07, 6.45) is 0.0286. The van der Waals surface area contributed by atoms with E-state index in [4.69, 9.17) is 9.47 Å². The first-order chi connectivity index (χ1) is 15.5. The van der Waals surface area contributed by atoms with Crippen LogP contribution in [0.5, 0.6) is 11.5 Å². The predicted molar refractivity (Wildman–Crippen MR) is 125 cm³/mol. The normalized spacial score (nSPS) is 13.7. The number of carbonyl (C=O) groups excluding carboxylic acids is 2. The monoisotopic (exact) mass is 428 g/mol. The molecule has 0 aliphatic carbocycles. The van der Waals surface area contributed by atoms with Crippen LogP contribution in [0.15, 0.2) is 84.6 Å². The summed E-state index contributed by atoms with van der Waals surface area (Å²) in [5, 5.41) is 3.14. The zero-order valence-electron chi connectivity index (χ0n) is 18.2. The number of amides is 2. The lowest BCUT2D eigenvalue weighted by Crippen LogP contribution is -2.32. The second kappa shape index (κ2) is 8.98. The molecule has 0 unspecified atom stereocenters. The Balaban J connectivity index is 1.73. The fraction of sp³-hybridized carbons (Fsp3) is 0.154. The van der Waals surface area contributed by atoms with Gasteiger partial charge in [-0.3, -0.25) is 9.59 Å². The summed E-state index contributed by atoms with van der Waals surface area (Å²) >= 11 is 0. The molecule has 0 aromatic heterocycles. The Morgan fingerprint density at radius 1 is 0.812 bits per heavy atom. The van der Waals surface area contributed by atoms with Crippen molar-refractivity contribution in [2.24, 2.45) is 0 Å². The number of ether oxygens (including phenoxy) is 2. The molecule has 162 valence electrons. The molecule has 6 heteroatoms. The minimum Gasteiger partial charge on any atom is -0.497 e. The van der Waals surface area contributed by atoms with Crippen molar-refractivity contribution in [3.63, 3.8) is 0 Å². The van der Waals surface area contributed by atoms with Crippen LogP contribution in [-0.2, 0) is 9.59 Å². The molecule has 0 saturated carbocycles. The van der Waals surface area contributed by atoms with Crippen molar-refractivity contribution in [2.75, 3.05) is 17.3 Å². The summed E-state index contributed by atoms with van der Waals surface area (Å²) in [7, 11) is 1.58. The zero-order chi connectivity index (χ0) is 22.7. The number of nitrogens with zero attached hydrogens (tertiary/aromatic N) is 1. The van der Waals surface area contributed by atoms with Gasteiger partial charge in [-0.25, -0.2) is 4.90 Å². The third kappa shape index (κ3) is 4.21. The molecule has 32 heavy (non-hydrogen) atoms. The van der Waals surface area contributed by atoms with Gasteiger partial charge in [0.2, 0.25) is 0 Å². The summed E-state index contributed by atoms with van der Waals surface area (Å²) in [4.78, 5) is 28.1. The van der Waals surface area contributed by atoms with E-state index in [2.05, 4.69) is 5.32 Å². The van der Waals surface area contributed by atoms with Crippen LogP contribution >= 0.6 is 0 Å². The molecular formula is C26H24N2O4. The molecule has 2 amide bonds. The van der Waals surface area contributed by atoms with Crippen molar-refractivity contribution in [1.82, 2.24) is 0 Å². The molecule has 0 fully saturated rings. The van der Waals surface area contributed by atoms with Crippen molar-refractivity contribution in [3.05, 3.63) is 90.1 Å². The van der Waals surface area contributed by atoms with Crippen molar-refractivity contribution >= 4 is 28.8 Å². The van der Waals surface area contributed by atoms with Gasteiger partial charge < -0.3 is 14.8 Å². The lowest BCUT2D eigenvalue weighted by atomic mass is 10.0. The molecule has 1 aliphatic rings. The molecule has 1 aliphatic heterocycles. The van der Waals surface area contributed by atoms with Crippen LogP contribution in [0.2, 0.25) is 0 Å². The van der Waals surface area contributed by atoms with E-state index in [1.54, 1.807) is 37.4 Å². The molecule has 0 radical (unpaired) electrons. The van der Waals surface area contributed by atoms with Crippen LogP contribution < -0.4 is 19.7 Å². The third-order valence-electron chi connectivity index (χ3n) is 4.95. The molecule has 4 rings (SSSR count). The summed E-state index contributed by atoms with van der Waals surface area (Å²) in [6, 6.07) is 23.3. The second-order valence-corrected chi connectivity index (χ2v) is 7.58. The van der Waals surface area contributed by atoms with Gasteiger partial charge in [0.25, 0.3) is 11.8 Å². The van der Waals surface area contributed by atoms with Gasteiger partial charge in [0.1, 0.15) is 17.2 Å². The number of benzene rings is 3. The second-order valence-electron chi connectivity index (χ2n) is 7.58. The fourth-order valence-electron chi connectivity index (χ4n) is 3.54. The number of methoxy groups -OCH3 is 1. The SMILES string of the molecule is COc1cccc(NC2=C(c3ccccc3)C(=O)N(c3ccc(OC(C)C)cc3)C2=O)c1. The van der Waals surface area contributed by atoms with Crippen molar-refractivity contribution in [1.29, 1.82) is 0 Å². The highest BCUT2D eigenvalue weighted by Gasteiger charge is 2.40. The topological polar surface area (TPSA) is 67.9 Å². The minimum absolute atomic E-state index is 0.0286. The van der Waals surface area contributed by atoms with Crippen molar-refractivity contribution in [2.45, 2.75) is 20.0 Å². The highest BCUT2D eigenvalue weighted by molar-refractivity contribution is 6.46. The van der Waals surface area contributed by atoms with Gasteiger partial charge in [0.05, 0.1) is 24.5 Å². The van der Waals surface area contributed by atoms with Gasteiger partial charge in [-0.2, -0.15) is 0 Å². The number of rotatable bonds is 7. The van der Waals surface area contributed by atoms with E-state index in [-0.39, 0.29) is 17.7 Å². The summed E-state index contributed by atoms with van der Waals surface area (Å²) in [5.41, 5.74) is 2.33. The Labute approximate surface area is 187 Å². The van der Waals surface area contributed by atoms with Crippen molar-refractivity contribution in [3.8, 4) is 11.5 Å². The van der Waals surface area contributed by atoms with Gasteiger partial charge in [-0.1, -0.05) is 36.4 Å². The number of nitrogens with one attached hydrogen (secondary N) is 1. The average Bonchev–Trinajstić information content (AvgIpc) is 3.04. The third-order valence-corrected chi connectivity index (χ3v) is 4.95. The average molecular weight is 428 g/mol. The Bertz CT molecular complexity index is 1170. The summed E-state index contributed by atoms with van der Waals surface area (Å²) in [6.45, 7) is 3.88. The minimum atomic E-state index is -0.422. The number of imide groups is 1. The molecule has 0 spiro atoms. The molecule has 0 saturated heterocycles. The fourth-order valence-corrected chi connectivity index (χ4v) is 3.54. The number of carbonyl (C=O) groups is 2. The maximum atomic E-state index is 13.5. The number of hydrogen-bond donors (Lipinski definition) is 1. The van der Waals surface area contributed by atoms with Gasteiger partial charge in [-0.05, 0) is 55.8 Å². The van der Waals surface area contributed by atoms with E-state index in [1.807, 2.05) is 62.4 Å². The number of anilines is 2. The summed E-state index contributed by atoms with van der Waals surface area (Å²) < 4.78 is 11.0.